The van der Waals surface area contributed by atoms with Gasteiger partial charge in [0.15, 0.2) is 0 Å². The molecule has 3 aromatic heterocycles. The van der Waals surface area contributed by atoms with Gasteiger partial charge in [-0.2, -0.15) is 0 Å². The van der Waals surface area contributed by atoms with Crippen molar-refractivity contribution in [3.8, 4) is 11.3 Å². The average molecular weight is 370 g/mol. The van der Waals surface area contributed by atoms with Gasteiger partial charge in [0, 0.05) is 28.2 Å². The summed E-state index contributed by atoms with van der Waals surface area (Å²) in [4.78, 5) is 9.49. The van der Waals surface area contributed by atoms with Crippen LogP contribution >= 0.6 is 0 Å². The summed E-state index contributed by atoms with van der Waals surface area (Å²) in [6.45, 7) is 4.41. The molecule has 0 saturated heterocycles. The smallest absolute Gasteiger partial charge is 0.227 e. The third-order valence-corrected chi connectivity index (χ3v) is 6.12. The minimum Gasteiger partial charge on any atom is -0.437 e. The van der Waals surface area contributed by atoms with Crippen LogP contribution in [0.5, 0.6) is 0 Å². The van der Waals surface area contributed by atoms with E-state index in [1.54, 1.807) is 0 Å². The van der Waals surface area contributed by atoms with Crippen LogP contribution in [0.25, 0.3) is 33.3 Å². The third-order valence-electron chi connectivity index (χ3n) is 6.12. The number of rotatable bonds is 4. The number of aromatic nitrogens is 2. The normalized spacial score (nSPS) is 15.2. The molecule has 3 heterocycles. The van der Waals surface area contributed by atoms with Crippen molar-refractivity contribution in [3.63, 3.8) is 0 Å². The first-order valence-electron chi connectivity index (χ1n) is 10.5. The molecule has 1 aromatic carbocycles. The van der Waals surface area contributed by atoms with Crippen molar-refractivity contribution in [1.29, 1.82) is 0 Å². The second-order valence-corrected chi connectivity index (χ2v) is 8.42. The van der Waals surface area contributed by atoms with Gasteiger partial charge in [-0.3, -0.25) is 4.98 Å². The summed E-state index contributed by atoms with van der Waals surface area (Å²) >= 11 is 0. The molecule has 1 saturated carbocycles. The lowest BCUT2D eigenvalue weighted by Gasteiger charge is -2.07. The van der Waals surface area contributed by atoms with Crippen molar-refractivity contribution in [2.75, 3.05) is 0 Å². The zero-order valence-electron chi connectivity index (χ0n) is 16.6. The van der Waals surface area contributed by atoms with Gasteiger partial charge < -0.3 is 4.42 Å². The molecule has 28 heavy (non-hydrogen) atoms. The number of hydrogen-bond donors (Lipinski definition) is 0. The number of benzene rings is 1. The Morgan fingerprint density at radius 1 is 1.04 bits per heavy atom. The van der Waals surface area contributed by atoms with Crippen LogP contribution < -0.4 is 0 Å². The van der Waals surface area contributed by atoms with Gasteiger partial charge in [0.25, 0.3) is 0 Å². The Morgan fingerprint density at radius 2 is 1.89 bits per heavy atom. The summed E-state index contributed by atoms with van der Waals surface area (Å²) in [5, 5.41) is 2.20. The molecule has 3 heteroatoms. The molecule has 5 rings (SSSR count). The van der Waals surface area contributed by atoms with Crippen LogP contribution in [0.15, 0.2) is 53.1 Å². The van der Waals surface area contributed by atoms with Gasteiger partial charge >= 0.3 is 0 Å². The van der Waals surface area contributed by atoms with Crippen molar-refractivity contribution < 1.29 is 4.42 Å². The van der Waals surface area contributed by atoms with Crippen LogP contribution in [0.2, 0.25) is 0 Å². The van der Waals surface area contributed by atoms with E-state index in [0.29, 0.717) is 5.92 Å². The Morgan fingerprint density at radius 3 is 2.71 bits per heavy atom. The van der Waals surface area contributed by atoms with Crippen LogP contribution in [0, 0.1) is 5.92 Å². The van der Waals surface area contributed by atoms with Gasteiger partial charge in [-0.05, 0) is 54.2 Å². The molecule has 0 unspecified atom stereocenters. The highest BCUT2D eigenvalue weighted by atomic mass is 16.3. The standard InChI is InChI=1S/C25H26N2O/c1-16(2)18-12-13-26-23(15-18)22-9-5-8-20-21-11-10-19(14-17-6-3-4-7-17)27-25(21)28-24(20)22/h5,8-13,15-17H,3-4,6-7,14H2,1-2H3. The fourth-order valence-corrected chi connectivity index (χ4v) is 4.50. The Bertz CT molecular complexity index is 1140. The molecule has 0 radical (unpaired) electrons. The Hall–Kier alpha value is -2.68. The molecule has 0 bridgehead atoms. The maximum absolute atomic E-state index is 6.29. The number of fused-ring (bicyclic) bond motifs is 3. The van der Waals surface area contributed by atoms with Crippen LogP contribution in [0.1, 0.15) is 56.7 Å². The molecular formula is C25H26N2O. The van der Waals surface area contributed by atoms with E-state index in [1.807, 2.05) is 6.20 Å². The first kappa shape index (κ1) is 17.4. The summed E-state index contributed by atoms with van der Waals surface area (Å²) in [5.41, 5.74) is 6.07. The Kier molecular flexibility index (Phi) is 4.38. The molecule has 142 valence electrons. The molecule has 3 nitrogen and oxygen atoms in total. The lowest BCUT2D eigenvalue weighted by Crippen LogP contribution is -2.00. The minimum absolute atomic E-state index is 0.469. The van der Waals surface area contributed by atoms with Crippen LogP contribution in [0.3, 0.4) is 0 Å². The third kappa shape index (κ3) is 3.09. The topological polar surface area (TPSA) is 38.9 Å². The van der Waals surface area contributed by atoms with Crippen LogP contribution in [-0.2, 0) is 6.42 Å². The molecule has 1 fully saturated rings. The SMILES string of the molecule is CC(C)c1ccnc(-c2cccc3c2oc2nc(CC4CCCC4)ccc23)c1. The first-order chi connectivity index (χ1) is 13.7. The molecule has 0 N–H and O–H groups in total. The highest BCUT2D eigenvalue weighted by Crippen LogP contribution is 2.35. The second-order valence-electron chi connectivity index (χ2n) is 8.42. The predicted molar refractivity (Wildman–Crippen MR) is 114 cm³/mol. The van der Waals surface area contributed by atoms with Gasteiger partial charge in [-0.25, -0.2) is 4.98 Å². The van der Waals surface area contributed by atoms with E-state index < -0.39 is 0 Å². The number of hydrogen-bond acceptors (Lipinski definition) is 3. The van der Waals surface area contributed by atoms with Crippen LogP contribution in [0.4, 0.5) is 0 Å². The fourth-order valence-electron chi connectivity index (χ4n) is 4.50. The molecule has 1 aliphatic rings. The maximum Gasteiger partial charge on any atom is 0.227 e. The van der Waals surface area contributed by atoms with E-state index in [9.17, 15) is 0 Å². The summed E-state index contributed by atoms with van der Waals surface area (Å²) in [6.07, 6.45) is 8.36. The van der Waals surface area contributed by atoms with Gasteiger partial charge in [0.2, 0.25) is 5.71 Å². The first-order valence-corrected chi connectivity index (χ1v) is 10.5. The Labute approximate surface area is 165 Å². The summed E-state index contributed by atoms with van der Waals surface area (Å²) < 4.78 is 6.29. The molecule has 0 aliphatic heterocycles. The number of nitrogens with zero attached hydrogens (tertiary/aromatic N) is 2. The van der Waals surface area contributed by atoms with E-state index in [1.165, 1.54) is 31.2 Å². The predicted octanol–water partition coefficient (Wildman–Crippen LogP) is 6.90. The summed E-state index contributed by atoms with van der Waals surface area (Å²) in [7, 11) is 0. The van der Waals surface area contributed by atoms with E-state index in [2.05, 4.69) is 61.3 Å². The van der Waals surface area contributed by atoms with E-state index >= 15 is 0 Å². The molecule has 0 amide bonds. The molecule has 1 aliphatic carbocycles. The van der Waals surface area contributed by atoms with Gasteiger partial charge in [0.1, 0.15) is 5.58 Å². The lowest BCUT2D eigenvalue weighted by molar-refractivity contribution is 0.537. The van der Waals surface area contributed by atoms with Crippen molar-refractivity contribution in [2.45, 2.75) is 51.9 Å². The molecule has 4 aromatic rings. The lowest BCUT2D eigenvalue weighted by atomic mass is 10.00. The van der Waals surface area contributed by atoms with Crippen molar-refractivity contribution >= 4 is 22.1 Å². The zero-order valence-corrected chi connectivity index (χ0v) is 16.6. The number of pyridine rings is 2. The summed E-state index contributed by atoms with van der Waals surface area (Å²) in [5.74, 6) is 1.25. The van der Waals surface area contributed by atoms with Gasteiger partial charge in [-0.1, -0.05) is 51.7 Å². The monoisotopic (exact) mass is 370 g/mol. The van der Waals surface area contributed by atoms with Crippen molar-refractivity contribution in [3.05, 3.63) is 59.9 Å². The van der Waals surface area contributed by atoms with Crippen LogP contribution in [-0.4, -0.2) is 9.97 Å². The quantitative estimate of drug-likeness (QED) is 0.392. The van der Waals surface area contributed by atoms with E-state index in [-0.39, 0.29) is 0 Å². The van der Waals surface area contributed by atoms with E-state index in [0.717, 1.165) is 51.4 Å². The van der Waals surface area contributed by atoms with E-state index in [4.69, 9.17) is 9.40 Å². The largest absolute Gasteiger partial charge is 0.437 e. The Balaban J connectivity index is 1.60. The average Bonchev–Trinajstić information content (AvgIpc) is 3.35. The molecule has 0 spiro atoms. The highest BCUT2D eigenvalue weighted by molar-refractivity contribution is 6.08. The number of furan rings is 1. The maximum atomic E-state index is 6.29. The van der Waals surface area contributed by atoms with Gasteiger partial charge in [0.05, 0.1) is 5.69 Å². The minimum atomic E-state index is 0.469. The zero-order chi connectivity index (χ0) is 19.1. The summed E-state index contributed by atoms with van der Waals surface area (Å²) in [6, 6.07) is 14.9. The highest BCUT2D eigenvalue weighted by Gasteiger charge is 2.18. The van der Waals surface area contributed by atoms with Crippen molar-refractivity contribution in [1.82, 2.24) is 9.97 Å². The number of para-hydroxylation sites is 1. The molecular weight excluding hydrogens is 344 g/mol. The fraction of sp³-hybridized carbons (Fsp3) is 0.360. The van der Waals surface area contributed by atoms with Crippen molar-refractivity contribution in [2.24, 2.45) is 5.92 Å². The van der Waals surface area contributed by atoms with Gasteiger partial charge in [-0.15, -0.1) is 0 Å². The second kappa shape index (κ2) is 7.05. The molecule has 0 atom stereocenters.